The first kappa shape index (κ1) is 14.5. The number of aliphatic hydroxyl groups excluding tert-OH is 1. The molecule has 4 nitrogen and oxygen atoms in total. The molecule has 2 rings (SSSR count). The zero-order chi connectivity index (χ0) is 13.7. The highest BCUT2D eigenvalue weighted by Gasteiger charge is 2.32. The van der Waals surface area contributed by atoms with E-state index in [0.29, 0.717) is 6.61 Å². The molecule has 0 spiro atoms. The van der Waals surface area contributed by atoms with Crippen LogP contribution in [0, 0.1) is 5.41 Å². The van der Waals surface area contributed by atoms with Crippen LogP contribution in [0.15, 0.2) is 6.07 Å². The maximum absolute atomic E-state index is 9.60. The predicted molar refractivity (Wildman–Crippen MR) is 77.0 cm³/mol. The molecule has 108 valence electrons. The molecule has 1 heterocycles. The SMILES string of the molecule is CCc1cc(CNCC2(CO)CCCC2)n(CC)n1. The van der Waals surface area contributed by atoms with Gasteiger partial charge in [0.25, 0.3) is 0 Å². The van der Waals surface area contributed by atoms with E-state index in [-0.39, 0.29) is 5.41 Å². The molecular weight excluding hydrogens is 238 g/mol. The van der Waals surface area contributed by atoms with Gasteiger partial charge in [0.1, 0.15) is 0 Å². The number of rotatable bonds is 7. The lowest BCUT2D eigenvalue weighted by molar-refractivity contribution is 0.128. The molecule has 0 aliphatic heterocycles. The fourth-order valence-electron chi connectivity index (χ4n) is 3.08. The van der Waals surface area contributed by atoms with Crippen molar-refractivity contribution in [2.45, 2.75) is 59.0 Å². The van der Waals surface area contributed by atoms with Crippen LogP contribution in [-0.4, -0.2) is 28.0 Å². The first-order chi connectivity index (χ1) is 9.23. The minimum Gasteiger partial charge on any atom is -0.396 e. The molecule has 0 amide bonds. The minimum absolute atomic E-state index is 0.130. The van der Waals surface area contributed by atoms with Crippen LogP contribution >= 0.6 is 0 Å². The van der Waals surface area contributed by atoms with Gasteiger partial charge in [-0.3, -0.25) is 4.68 Å². The van der Waals surface area contributed by atoms with Crippen molar-refractivity contribution in [1.29, 1.82) is 0 Å². The highest BCUT2D eigenvalue weighted by Crippen LogP contribution is 2.36. The van der Waals surface area contributed by atoms with Crippen LogP contribution in [0.1, 0.15) is 50.9 Å². The van der Waals surface area contributed by atoms with Gasteiger partial charge in [-0.15, -0.1) is 0 Å². The van der Waals surface area contributed by atoms with Crippen LogP contribution in [-0.2, 0) is 19.5 Å². The third kappa shape index (κ3) is 3.37. The molecule has 0 unspecified atom stereocenters. The Morgan fingerprint density at radius 3 is 2.68 bits per heavy atom. The summed E-state index contributed by atoms with van der Waals surface area (Å²) in [5, 5.41) is 17.7. The maximum Gasteiger partial charge on any atom is 0.0625 e. The quantitative estimate of drug-likeness (QED) is 0.794. The Hall–Kier alpha value is -0.870. The number of nitrogens with one attached hydrogen (secondary N) is 1. The van der Waals surface area contributed by atoms with Crippen LogP contribution in [0.3, 0.4) is 0 Å². The summed E-state index contributed by atoms with van der Waals surface area (Å²) in [4.78, 5) is 0. The highest BCUT2D eigenvalue weighted by molar-refractivity contribution is 5.10. The molecular formula is C15H27N3O. The van der Waals surface area contributed by atoms with Gasteiger partial charge >= 0.3 is 0 Å². The molecule has 0 atom stereocenters. The summed E-state index contributed by atoms with van der Waals surface area (Å²) < 4.78 is 2.08. The van der Waals surface area contributed by atoms with Gasteiger partial charge in [-0.2, -0.15) is 5.10 Å². The molecule has 1 aliphatic carbocycles. The van der Waals surface area contributed by atoms with Gasteiger partial charge in [-0.25, -0.2) is 0 Å². The molecule has 0 radical (unpaired) electrons. The van der Waals surface area contributed by atoms with Crippen molar-refractivity contribution in [3.05, 3.63) is 17.5 Å². The summed E-state index contributed by atoms with van der Waals surface area (Å²) in [5.41, 5.74) is 2.55. The van der Waals surface area contributed by atoms with Crippen molar-refractivity contribution in [1.82, 2.24) is 15.1 Å². The molecule has 1 aliphatic rings. The van der Waals surface area contributed by atoms with E-state index in [1.165, 1.54) is 18.5 Å². The molecule has 0 bridgehead atoms. The fourth-order valence-corrected chi connectivity index (χ4v) is 3.08. The Kier molecular flexibility index (Phi) is 4.99. The third-order valence-electron chi connectivity index (χ3n) is 4.38. The number of nitrogens with zero attached hydrogens (tertiary/aromatic N) is 2. The van der Waals surface area contributed by atoms with E-state index in [9.17, 15) is 5.11 Å². The Labute approximate surface area is 116 Å². The predicted octanol–water partition coefficient (Wildman–Crippen LogP) is 2.11. The monoisotopic (exact) mass is 265 g/mol. The zero-order valence-electron chi connectivity index (χ0n) is 12.3. The summed E-state index contributed by atoms with van der Waals surface area (Å²) in [6.07, 6.45) is 5.82. The van der Waals surface area contributed by atoms with Crippen LogP contribution in [0.5, 0.6) is 0 Å². The van der Waals surface area contributed by atoms with Crippen LogP contribution in [0.2, 0.25) is 0 Å². The molecule has 19 heavy (non-hydrogen) atoms. The van der Waals surface area contributed by atoms with Gasteiger partial charge in [-0.1, -0.05) is 19.8 Å². The summed E-state index contributed by atoms with van der Waals surface area (Å²) in [5.74, 6) is 0. The lowest BCUT2D eigenvalue weighted by Gasteiger charge is -2.26. The van der Waals surface area contributed by atoms with Crippen molar-refractivity contribution in [3.8, 4) is 0 Å². The molecule has 1 saturated carbocycles. The number of hydrogen-bond donors (Lipinski definition) is 2. The number of aliphatic hydroxyl groups is 1. The van der Waals surface area contributed by atoms with Crippen molar-refractivity contribution in [3.63, 3.8) is 0 Å². The van der Waals surface area contributed by atoms with E-state index >= 15 is 0 Å². The average molecular weight is 265 g/mol. The second kappa shape index (κ2) is 6.53. The summed E-state index contributed by atoms with van der Waals surface area (Å²) in [6, 6.07) is 2.19. The smallest absolute Gasteiger partial charge is 0.0625 e. The standard InChI is InChI=1S/C15H27N3O/c1-3-13-9-14(18(4-2)17-13)10-16-11-15(12-19)7-5-6-8-15/h9,16,19H,3-8,10-12H2,1-2H3. The minimum atomic E-state index is 0.130. The van der Waals surface area contributed by atoms with E-state index < -0.39 is 0 Å². The second-order valence-electron chi connectivity index (χ2n) is 5.77. The van der Waals surface area contributed by atoms with E-state index in [1.807, 2.05) is 0 Å². The number of aryl methyl sites for hydroxylation is 2. The Morgan fingerprint density at radius 2 is 2.11 bits per heavy atom. The van der Waals surface area contributed by atoms with E-state index in [0.717, 1.165) is 44.6 Å². The summed E-state index contributed by atoms with van der Waals surface area (Å²) in [7, 11) is 0. The lowest BCUT2D eigenvalue weighted by atomic mass is 9.87. The van der Waals surface area contributed by atoms with E-state index in [4.69, 9.17) is 0 Å². The molecule has 1 aromatic heterocycles. The van der Waals surface area contributed by atoms with Crippen molar-refractivity contribution in [2.24, 2.45) is 5.41 Å². The second-order valence-corrected chi connectivity index (χ2v) is 5.77. The average Bonchev–Trinajstić information content (AvgIpc) is 3.06. The molecule has 4 heteroatoms. The summed E-state index contributed by atoms with van der Waals surface area (Å²) in [6.45, 7) is 7.26. The van der Waals surface area contributed by atoms with Crippen LogP contribution in [0.25, 0.3) is 0 Å². The van der Waals surface area contributed by atoms with Gasteiger partial charge in [0, 0.05) is 31.7 Å². The lowest BCUT2D eigenvalue weighted by Crippen LogP contribution is -2.35. The Balaban J connectivity index is 1.89. The Bertz CT molecular complexity index is 394. The Morgan fingerprint density at radius 1 is 1.37 bits per heavy atom. The summed E-state index contributed by atoms with van der Waals surface area (Å²) >= 11 is 0. The fraction of sp³-hybridized carbons (Fsp3) is 0.800. The van der Waals surface area contributed by atoms with Gasteiger partial charge in [0.15, 0.2) is 0 Å². The molecule has 1 fully saturated rings. The van der Waals surface area contributed by atoms with Gasteiger partial charge < -0.3 is 10.4 Å². The maximum atomic E-state index is 9.60. The van der Waals surface area contributed by atoms with E-state index in [2.05, 4.69) is 35.0 Å². The van der Waals surface area contributed by atoms with Gasteiger partial charge in [-0.05, 0) is 32.3 Å². The third-order valence-corrected chi connectivity index (χ3v) is 4.38. The zero-order valence-corrected chi connectivity index (χ0v) is 12.3. The number of hydrogen-bond acceptors (Lipinski definition) is 3. The number of aromatic nitrogens is 2. The van der Waals surface area contributed by atoms with Crippen molar-refractivity contribution in [2.75, 3.05) is 13.2 Å². The van der Waals surface area contributed by atoms with Crippen molar-refractivity contribution >= 4 is 0 Å². The van der Waals surface area contributed by atoms with Crippen molar-refractivity contribution < 1.29 is 5.11 Å². The topological polar surface area (TPSA) is 50.1 Å². The molecule has 0 saturated heterocycles. The van der Waals surface area contributed by atoms with Gasteiger partial charge in [0.2, 0.25) is 0 Å². The first-order valence-corrected chi connectivity index (χ1v) is 7.60. The highest BCUT2D eigenvalue weighted by atomic mass is 16.3. The van der Waals surface area contributed by atoms with Crippen LogP contribution < -0.4 is 5.32 Å². The largest absolute Gasteiger partial charge is 0.396 e. The molecule has 0 aromatic carbocycles. The van der Waals surface area contributed by atoms with E-state index in [1.54, 1.807) is 0 Å². The van der Waals surface area contributed by atoms with Crippen LogP contribution in [0.4, 0.5) is 0 Å². The molecule has 2 N–H and O–H groups in total. The first-order valence-electron chi connectivity index (χ1n) is 7.60. The normalized spacial score (nSPS) is 18.1. The molecule has 1 aromatic rings. The van der Waals surface area contributed by atoms with Gasteiger partial charge in [0.05, 0.1) is 11.4 Å².